The van der Waals surface area contributed by atoms with Crippen LogP contribution in [0.2, 0.25) is 0 Å². The number of carbonyl (C=O) groups excluding carboxylic acids is 1. The molecule has 0 radical (unpaired) electrons. The Morgan fingerprint density at radius 2 is 1.75 bits per heavy atom. The van der Waals surface area contributed by atoms with Gasteiger partial charge in [-0.3, -0.25) is 9.69 Å². The number of carbonyl (C=O) groups is 1. The molecule has 0 aliphatic carbocycles. The Labute approximate surface area is 166 Å². The average molecular weight is 378 g/mol. The average Bonchev–Trinajstić information content (AvgIpc) is 3.25. The summed E-state index contributed by atoms with van der Waals surface area (Å²) >= 11 is 0. The van der Waals surface area contributed by atoms with Crippen molar-refractivity contribution in [1.82, 2.24) is 9.91 Å². The van der Waals surface area contributed by atoms with Gasteiger partial charge in [0.2, 0.25) is 0 Å². The molecule has 0 N–H and O–H groups in total. The third kappa shape index (κ3) is 3.87. The second-order valence-corrected chi connectivity index (χ2v) is 7.13. The number of anilines is 1. The highest BCUT2D eigenvalue weighted by atomic mass is 16.5. The summed E-state index contributed by atoms with van der Waals surface area (Å²) in [6, 6.07) is 18.2. The summed E-state index contributed by atoms with van der Waals surface area (Å²) in [5.74, 6) is 0.956. The molecular formula is C22H26N4O2. The predicted octanol–water partition coefficient (Wildman–Crippen LogP) is 2.78. The quantitative estimate of drug-likeness (QED) is 0.803. The van der Waals surface area contributed by atoms with Gasteiger partial charge in [-0.1, -0.05) is 42.5 Å². The van der Waals surface area contributed by atoms with Crippen molar-refractivity contribution in [2.75, 3.05) is 44.7 Å². The van der Waals surface area contributed by atoms with Crippen LogP contribution in [0, 0.1) is 0 Å². The molecule has 4 rings (SSSR count). The summed E-state index contributed by atoms with van der Waals surface area (Å²) < 4.78 is 5.48. The number of ether oxygens (including phenoxy) is 1. The van der Waals surface area contributed by atoms with Crippen molar-refractivity contribution in [2.45, 2.75) is 12.5 Å². The largest absolute Gasteiger partial charge is 0.495 e. The van der Waals surface area contributed by atoms with E-state index in [9.17, 15) is 4.79 Å². The topological polar surface area (TPSA) is 48.4 Å². The first kappa shape index (κ1) is 18.5. The molecule has 0 spiro atoms. The van der Waals surface area contributed by atoms with Crippen molar-refractivity contribution >= 4 is 17.8 Å². The lowest BCUT2D eigenvalue weighted by Crippen LogP contribution is -2.49. The van der Waals surface area contributed by atoms with E-state index in [0.29, 0.717) is 6.54 Å². The molecule has 1 atom stereocenters. The van der Waals surface area contributed by atoms with E-state index in [0.717, 1.165) is 49.6 Å². The van der Waals surface area contributed by atoms with Crippen molar-refractivity contribution in [2.24, 2.45) is 5.10 Å². The lowest BCUT2D eigenvalue weighted by atomic mass is 10.0. The molecule has 2 aliphatic rings. The van der Waals surface area contributed by atoms with Crippen LogP contribution in [-0.4, -0.2) is 61.9 Å². The van der Waals surface area contributed by atoms with Gasteiger partial charge in [0, 0.05) is 38.8 Å². The van der Waals surface area contributed by atoms with E-state index < -0.39 is 0 Å². The molecule has 28 heavy (non-hydrogen) atoms. The molecule has 1 amide bonds. The maximum atomic E-state index is 12.9. The molecule has 6 nitrogen and oxygen atoms in total. The highest BCUT2D eigenvalue weighted by Crippen LogP contribution is 2.29. The minimum atomic E-state index is 0.0172. The first-order valence-corrected chi connectivity index (χ1v) is 9.76. The van der Waals surface area contributed by atoms with Crippen LogP contribution in [0.5, 0.6) is 5.75 Å². The van der Waals surface area contributed by atoms with Crippen molar-refractivity contribution in [1.29, 1.82) is 0 Å². The normalized spacial score (nSPS) is 19.8. The van der Waals surface area contributed by atoms with E-state index in [1.807, 2.05) is 42.6 Å². The van der Waals surface area contributed by atoms with Crippen LogP contribution in [0.4, 0.5) is 5.69 Å². The Bertz CT molecular complexity index is 831. The number of rotatable bonds is 5. The summed E-state index contributed by atoms with van der Waals surface area (Å²) in [5, 5.41) is 6.00. The van der Waals surface area contributed by atoms with Crippen molar-refractivity contribution in [3.05, 3.63) is 60.2 Å². The molecular weight excluding hydrogens is 352 g/mol. The minimum Gasteiger partial charge on any atom is -0.495 e. The molecule has 0 aromatic heterocycles. The fraction of sp³-hybridized carbons (Fsp3) is 0.364. The van der Waals surface area contributed by atoms with Gasteiger partial charge in [0.15, 0.2) is 0 Å². The van der Waals surface area contributed by atoms with Gasteiger partial charge in [0.1, 0.15) is 5.75 Å². The molecule has 1 saturated heterocycles. The number of amides is 1. The van der Waals surface area contributed by atoms with Crippen LogP contribution >= 0.6 is 0 Å². The molecule has 2 aromatic rings. The van der Waals surface area contributed by atoms with Gasteiger partial charge >= 0.3 is 0 Å². The fourth-order valence-electron chi connectivity index (χ4n) is 3.91. The summed E-state index contributed by atoms with van der Waals surface area (Å²) in [6.07, 6.45) is 2.62. The second-order valence-electron chi connectivity index (χ2n) is 7.13. The number of hydrogen-bond acceptors (Lipinski definition) is 5. The number of benzene rings is 2. The Morgan fingerprint density at radius 1 is 1.04 bits per heavy atom. The van der Waals surface area contributed by atoms with Crippen molar-refractivity contribution in [3.63, 3.8) is 0 Å². The van der Waals surface area contributed by atoms with E-state index in [1.165, 1.54) is 0 Å². The Morgan fingerprint density at radius 3 is 2.50 bits per heavy atom. The van der Waals surface area contributed by atoms with E-state index >= 15 is 0 Å². The number of hydrazone groups is 1. The number of hydrogen-bond donors (Lipinski definition) is 0. The van der Waals surface area contributed by atoms with Gasteiger partial charge in [-0.25, -0.2) is 5.01 Å². The van der Waals surface area contributed by atoms with Crippen LogP contribution < -0.4 is 9.64 Å². The summed E-state index contributed by atoms with van der Waals surface area (Å²) in [6.45, 7) is 3.84. The summed E-state index contributed by atoms with van der Waals surface area (Å²) in [7, 11) is 1.70. The maximum absolute atomic E-state index is 12.9. The van der Waals surface area contributed by atoms with Crippen LogP contribution in [0.15, 0.2) is 59.7 Å². The molecule has 2 heterocycles. The molecule has 1 fully saturated rings. The number of methoxy groups -OCH3 is 1. The van der Waals surface area contributed by atoms with Gasteiger partial charge in [0.25, 0.3) is 5.91 Å². The third-order valence-corrected chi connectivity index (χ3v) is 5.43. The highest BCUT2D eigenvalue weighted by Gasteiger charge is 2.30. The van der Waals surface area contributed by atoms with Crippen LogP contribution in [0.3, 0.4) is 0 Å². The van der Waals surface area contributed by atoms with E-state index in [-0.39, 0.29) is 11.9 Å². The van der Waals surface area contributed by atoms with Crippen molar-refractivity contribution in [3.8, 4) is 5.75 Å². The number of nitrogens with zero attached hydrogens (tertiary/aromatic N) is 4. The molecule has 146 valence electrons. The molecule has 0 saturated carbocycles. The lowest BCUT2D eigenvalue weighted by Gasteiger charge is -2.36. The highest BCUT2D eigenvalue weighted by molar-refractivity contribution is 5.81. The molecule has 2 aliphatic heterocycles. The fourth-order valence-corrected chi connectivity index (χ4v) is 3.91. The maximum Gasteiger partial charge on any atom is 0.257 e. The Kier molecular flexibility index (Phi) is 5.58. The SMILES string of the molecule is COc1ccccc1N1CCN(CC(=O)N2N=CC[C@@H]2c2ccccc2)CC1. The smallest absolute Gasteiger partial charge is 0.257 e. The molecule has 0 unspecified atom stereocenters. The monoisotopic (exact) mass is 378 g/mol. The van der Waals surface area contributed by atoms with Gasteiger partial charge in [-0.05, 0) is 17.7 Å². The van der Waals surface area contributed by atoms with Gasteiger partial charge in [0.05, 0.1) is 25.4 Å². The van der Waals surface area contributed by atoms with E-state index in [4.69, 9.17) is 4.74 Å². The van der Waals surface area contributed by atoms with Crippen molar-refractivity contribution < 1.29 is 9.53 Å². The van der Waals surface area contributed by atoms with Crippen LogP contribution in [0.1, 0.15) is 18.0 Å². The summed E-state index contributed by atoms with van der Waals surface area (Å²) in [4.78, 5) is 17.4. The van der Waals surface area contributed by atoms with Gasteiger partial charge in [-0.15, -0.1) is 0 Å². The van der Waals surface area contributed by atoms with Crippen LogP contribution in [0.25, 0.3) is 0 Å². The summed E-state index contributed by atoms with van der Waals surface area (Å²) in [5.41, 5.74) is 2.25. The zero-order valence-corrected chi connectivity index (χ0v) is 16.2. The van der Waals surface area contributed by atoms with Crippen LogP contribution in [-0.2, 0) is 4.79 Å². The first-order chi connectivity index (χ1) is 13.8. The first-order valence-electron chi connectivity index (χ1n) is 9.76. The molecule has 0 bridgehead atoms. The third-order valence-electron chi connectivity index (χ3n) is 5.43. The standard InChI is InChI=1S/C22H26N4O2/c1-28-21-10-6-5-9-20(21)25-15-13-24(14-16-25)17-22(27)26-19(11-12-23-26)18-7-3-2-4-8-18/h2-10,12,19H,11,13-17H2,1H3/t19-/m1/s1. The lowest BCUT2D eigenvalue weighted by molar-refractivity contribution is -0.134. The predicted molar refractivity (Wildman–Crippen MR) is 111 cm³/mol. The Hall–Kier alpha value is -2.86. The van der Waals surface area contributed by atoms with E-state index in [2.05, 4.69) is 33.1 Å². The molecule has 6 heteroatoms. The number of piperazine rings is 1. The Balaban J connectivity index is 1.34. The van der Waals surface area contributed by atoms with Gasteiger partial charge in [-0.2, -0.15) is 5.10 Å². The minimum absolute atomic E-state index is 0.0172. The molecule has 2 aromatic carbocycles. The second kappa shape index (κ2) is 8.44. The van der Waals surface area contributed by atoms with E-state index in [1.54, 1.807) is 12.1 Å². The number of para-hydroxylation sites is 2. The van der Waals surface area contributed by atoms with Gasteiger partial charge < -0.3 is 9.64 Å². The zero-order chi connectivity index (χ0) is 19.3. The zero-order valence-electron chi connectivity index (χ0n) is 16.2.